The zero-order valence-electron chi connectivity index (χ0n) is 7.62. The highest BCUT2D eigenvalue weighted by Gasteiger charge is 2.07. The lowest BCUT2D eigenvalue weighted by Crippen LogP contribution is -2.11. The average Bonchev–Trinajstić information content (AvgIpc) is 2.20. The van der Waals surface area contributed by atoms with Crippen molar-refractivity contribution in [3.05, 3.63) is 0 Å². The summed E-state index contributed by atoms with van der Waals surface area (Å²) in [6.45, 7) is -0.150. The first-order valence-corrected chi connectivity index (χ1v) is 3.99. The van der Waals surface area contributed by atoms with E-state index >= 15 is 0 Å². The number of hydrogen-bond acceptors (Lipinski definition) is 6. The third-order valence-corrected chi connectivity index (χ3v) is 1.19. The Morgan fingerprint density at radius 3 is 1.57 bits per heavy atom. The normalized spacial score (nSPS) is 8.86. The van der Waals surface area contributed by atoms with Gasteiger partial charge in [-0.3, -0.25) is 9.59 Å². The molecule has 0 rings (SSSR count). The smallest absolute Gasteiger partial charge is 0.306 e. The Bertz CT molecular complexity index is 203. The Balaban J connectivity index is 3.50. The molecule has 0 amide bonds. The van der Waals surface area contributed by atoms with E-state index in [1.54, 1.807) is 0 Å². The summed E-state index contributed by atoms with van der Waals surface area (Å²) in [4.78, 5) is 21.6. The molecule has 0 saturated heterocycles. The molecule has 0 atom stereocenters. The van der Waals surface area contributed by atoms with E-state index in [-0.39, 0.29) is 26.1 Å². The third kappa shape index (κ3) is 6.96. The van der Waals surface area contributed by atoms with Gasteiger partial charge in [0.25, 0.3) is 0 Å². The Morgan fingerprint density at radius 1 is 0.929 bits per heavy atom. The Morgan fingerprint density at radius 2 is 1.29 bits per heavy atom. The van der Waals surface area contributed by atoms with Gasteiger partial charge < -0.3 is 20.3 Å². The van der Waals surface area contributed by atoms with Crippen LogP contribution in [0.4, 0.5) is 0 Å². The van der Waals surface area contributed by atoms with Crippen LogP contribution < -0.4 is 0 Å². The zero-order valence-corrected chi connectivity index (χ0v) is 7.62. The molecule has 0 aromatic carbocycles. The molecule has 78 valence electrons. The van der Waals surface area contributed by atoms with Crippen LogP contribution in [0, 0.1) is 10.8 Å². The summed E-state index contributed by atoms with van der Waals surface area (Å²) in [7, 11) is 0. The van der Waals surface area contributed by atoms with Crippen LogP contribution in [-0.4, -0.2) is 37.6 Å². The molecule has 0 fully saturated rings. The van der Waals surface area contributed by atoms with Crippen molar-refractivity contribution in [2.45, 2.75) is 12.8 Å². The molecule has 2 N–H and O–H groups in total. The Kier molecular flexibility index (Phi) is 6.93. The molecule has 0 aliphatic heterocycles. The SMILES string of the molecule is N=CCOC(=O)CCC(=O)OCC=N. The quantitative estimate of drug-likeness (QED) is 0.451. The molecule has 6 heteroatoms. The first-order chi connectivity index (χ1) is 6.70. The van der Waals surface area contributed by atoms with Crippen LogP contribution in [-0.2, 0) is 19.1 Å². The molecular weight excluding hydrogens is 188 g/mol. The lowest BCUT2D eigenvalue weighted by atomic mass is 10.3. The predicted molar refractivity (Wildman–Crippen MR) is 48.7 cm³/mol. The molecule has 0 saturated carbocycles. The van der Waals surface area contributed by atoms with Crippen LogP contribution in [0.1, 0.15) is 12.8 Å². The molecule has 14 heavy (non-hydrogen) atoms. The number of ether oxygens (including phenoxy) is 2. The van der Waals surface area contributed by atoms with Crippen molar-refractivity contribution < 1.29 is 19.1 Å². The summed E-state index contributed by atoms with van der Waals surface area (Å²) in [5.41, 5.74) is 0. The van der Waals surface area contributed by atoms with Crippen LogP contribution in [0.2, 0.25) is 0 Å². The van der Waals surface area contributed by atoms with E-state index in [2.05, 4.69) is 9.47 Å². The maximum absolute atomic E-state index is 10.8. The van der Waals surface area contributed by atoms with Gasteiger partial charge in [0.2, 0.25) is 0 Å². The number of esters is 2. The molecule has 0 bridgehead atoms. The molecule has 0 spiro atoms. The van der Waals surface area contributed by atoms with Gasteiger partial charge in [-0.15, -0.1) is 0 Å². The molecule has 0 aliphatic carbocycles. The summed E-state index contributed by atoms with van der Waals surface area (Å²) in [5, 5.41) is 13.2. The number of carbonyl (C=O) groups excluding carboxylic acids is 2. The van der Waals surface area contributed by atoms with E-state index in [1.807, 2.05) is 0 Å². The maximum atomic E-state index is 10.8. The first kappa shape index (κ1) is 12.3. The first-order valence-electron chi connectivity index (χ1n) is 3.99. The molecule has 6 nitrogen and oxygen atoms in total. The highest BCUT2D eigenvalue weighted by molar-refractivity contribution is 5.79. The summed E-state index contributed by atoms with van der Waals surface area (Å²) in [5.74, 6) is -1.08. The van der Waals surface area contributed by atoms with E-state index in [1.165, 1.54) is 0 Å². The molecule has 0 aromatic heterocycles. The molecular formula is C8H12N2O4. The van der Waals surface area contributed by atoms with Gasteiger partial charge in [-0.05, 0) is 0 Å². The van der Waals surface area contributed by atoms with Crippen molar-refractivity contribution in [2.24, 2.45) is 0 Å². The highest BCUT2D eigenvalue weighted by Crippen LogP contribution is 1.94. The van der Waals surface area contributed by atoms with Gasteiger partial charge in [-0.1, -0.05) is 0 Å². The lowest BCUT2D eigenvalue weighted by molar-refractivity contribution is -0.148. The minimum absolute atomic E-state index is 0.0648. The summed E-state index contributed by atoms with van der Waals surface area (Å²) < 4.78 is 9.02. The predicted octanol–water partition coefficient (Wildman–Crippen LogP) is 0.152. The van der Waals surface area contributed by atoms with E-state index in [9.17, 15) is 9.59 Å². The van der Waals surface area contributed by atoms with Crippen molar-refractivity contribution in [3.63, 3.8) is 0 Å². The van der Waals surface area contributed by atoms with Gasteiger partial charge in [0, 0.05) is 12.4 Å². The summed E-state index contributed by atoms with van der Waals surface area (Å²) in [6, 6.07) is 0. The third-order valence-electron chi connectivity index (χ3n) is 1.19. The van der Waals surface area contributed by atoms with Crippen LogP contribution in [0.25, 0.3) is 0 Å². The minimum Gasteiger partial charge on any atom is -0.460 e. The second-order valence-corrected chi connectivity index (χ2v) is 2.27. The van der Waals surface area contributed by atoms with Crippen LogP contribution in [0.5, 0.6) is 0 Å². The van der Waals surface area contributed by atoms with E-state index in [0.717, 1.165) is 12.4 Å². The van der Waals surface area contributed by atoms with Gasteiger partial charge >= 0.3 is 11.9 Å². The largest absolute Gasteiger partial charge is 0.460 e. The van der Waals surface area contributed by atoms with Crippen molar-refractivity contribution in [1.82, 2.24) is 0 Å². The highest BCUT2D eigenvalue weighted by atomic mass is 16.5. The molecule has 0 unspecified atom stereocenters. The van der Waals surface area contributed by atoms with Crippen molar-refractivity contribution in [1.29, 1.82) is 10.8 Å². The van der Waals surface area contributed by atoms with Crippen LogP contribution in [0.3, 0.4) is 0 Å². The average molecular weight is 200 g/mol. The standard InChI is InChI=1S/C8H12N2O4/c9-3-5-13-7(11)1-2-8(12)14-6-4-10/h3-4,9-10H,1-2,5-6H2. The van der Waals surface area contributed by atoms with Gasteiger partial charge in [0.05, 0.1) is 12.8 Å². The van der Waals surface area contributed by atoms with Crippen molar-refractivity contribution >= 4 is 24.4 Å². The summed E-state index contributed by atoms with van der Waals surface area (Å²) in [6.07, 6.45) is 1.77. The fourth-order valence-electron chi connectivity index (χ4n) is 0.618. The van der Waals surface area contributed by atoms with Crippen LogP contribution in [0.15, 0.2) is 0 Å². The Labute approximate surface area is 81.2 Å². The maximum Gasteiger partial charge on any atom is 0.306 e. The number of hydrogen-bond donors (Lipinski definition) is 2. The van der Waals surface area contributed by atoms with Crippen molar-refractivity contribution in [2.75, 3.05) is 13.2 Å². The van der Waals surface area contributed by atoms with Crippen molar-refractivity contribution in [3.8, 4) is 0 Å². The zero-order chi connectivity index (χ0) is 10.8. The number of carbonyl (C=O) groups is 2. The van der Waals surface area contributed by atoms with Gasteiger partial charge in [-0.2, -0.15) is 0 Å². The number of rotatable bonds is 7. The molecule has 0 heterocycles. The Hall–Kier alpha value is -1.72. The fourth-order valence-corrected chi connectivity index (χ4v) is 0.618. The summed E-state index contributed by atoms with van der Waals surface area (Å²) >= 11 is 0. The monoisotopic (exact) mass is 200 g/mol. The minimum atomic E-state index is -0.541. The van der Waals surface area contributed by atoms with E-state index in [0.29, 0.717) is 0 Å². The second kappa shape index (κ2) is 7.90. The molecule has 0 aromatic rings. The second-order valence-electron chi connectivity index (χ2n) is 2.27. The molecule has 0 aliphatic rings. The fraction of sp³-hybridized carbons (Fsp3) is 0.500. The van der Waals surface area contributed by atoms with Gasteiger partial charge in [0.15, 0.2) is 0 Å². The van der Waals surface area contributed by atoms with E-state index in [4.69, 9.17) is 10.8 Å². The topological polar surface area (TPSA) is 100 Å². The van der Waals surface area contributed by atoms with E-state index < -0.39 is 11.9 Å². The van der Waals surface area contributed by atoms with Gasteiger partial charge in [-0.25, -0.2) is 0 Å². The number of nitrogens with one attached hydrogen (secondary N) is 2. The molecule has 0 radical (unpaired) electrons. The lowest BCUT2D eigenvalue weighted by Gasteiger charge is -2.01. The van der Waals surface area contributed by atoms with Gasteiger partial charge in [0.1, 0.15) is 13.2 Å². The van der Waals surface area contributed by atoms with Crippen LogP contribution >= 0.6 is 0 Å².